The zero-order valence-corrected chi connectivity index (χ0v) is 13.5. The third kappa shape index (κ3) is 6.63. The van der Waals surface area contributed by atoms with Gasteiger partial charge in [-0.2, -0.15) is 0 Å². The molecule has 116 valence electrons. The van der Waals surface area contributed by atoms with Gasteiger partial charge < -0.3 is 5.32 Å². The van der Waals surface area contributed by atoms with Crippen molar-refractivity contribution in [3.05, 3.63) is 35.9 Å². The minimum atomic E-state index is -3.55. The lowest BCUT2D eigenvalue weighted by Gasteiger charge is -2.14. The van der Waals surface area contributed by atoms with Crippen LogP contribution in [-0.4, -0.2) is 39.3 Å². The quantitative estimate of drug-likeness (QED) is 0.767. The third-order valence-corrected chi connectivity index (χ3v) is 4.08. The maximum Gasteiger partial charge on any atom is 0.237 e. The number of hydrogen-bond donors (Lipinski definition) is 2. The molecule has 0 aliphatic rings. The molecule has 2 amide bonds. The maximum atomic E-state index is 12.1. The third-order valence-electron chi connectivity index (χ3n) is 2.53. The Labute approximate surface area is 128 Å². The second-order valence-corrected chi connectivity index (χ2v) is 7.06. The van der Waals surface area contributed by atoms with Crippen molar-refractivity contribution in [2.24, 2.45) is 0 Å². The smallest absolute Gasteiger partial charge is 0.237 e. The van der Waals surface area contributed by atoms with Gasteiger partial charge in [-0.3, -0.25) is 14.3 Å². The van der Waals surface area contributed by atoms with Crippen LogP contribution < -0.4 is 10.0 Å². The Morgan fingerprint density at radius 2 is 1.86 bits per heavy atom. The van der Waals surface area contributed by atoms with E-state index in [1.54, 1.807) is 0 Å². The number of carbonyl (C=O) groups excluding carboxylic acids is 2. The molecule has 8 heteroatoms. The first-order valence-electron chi connectivity index (χ1n) is 6.19. The number of hydrogen-bond acceptors (Lipinski definition) is 5. The normalized spacial score (nSPS) is 12.5. The lowest BCUT2D eigenvalue weighted by atomic mass is 10.1. The van der Waals surface area contributed by atoms with Crippen molar-refractivity contribution in [2.45, 2.75) is 11.7 Å². The number of carbonyl (C=O) groups is 2. The van der Waals surface area contributed by atoms with Crippen molar-refractivity contribution < 1.29 is 18.0 Å². The number of benzene rings is 1. The Kier molecular flexibility index (Phi) is 6.70. The van der Waals surface area contributed by atoms with Crippen LogP contribution in [0.15, 0.2) is 30.3 Å². The lowest BCUT2D eigenvalue weighted by Crippen LogP contribution is -2.34. The van der Waals surface area contributed by atoms with Crippen molar-refractivity contribution in [1.29, 1.82) is 0 Å². The Hall–Kier alpha value is -1.54. The predicted molar refractivity (Wildman–Crippen MR) is 83.3 cm³/mol. The van der Waals surface area contributed by atoms with Crippen molar-refractivity contribution in [2.75, 3.05) is 19.1 Å². The Morgan fingerprint density at radius 3 is 2.38 bits per heavy atom. The molecule has 0 radical (unpaired) electrons. The number of nitrogens with one attached hydrogen (secondary N) is 2. The second kappa shape index (κ2) is 8.04. The molecule has 0 saturated carbocycles. The molecule has 1 atom stereocenters. The van der Waals surface area contributed by atoms with E-state index in [-0.39, 0.29) is 24.1 Å². The van der Waals surface area contributed by atoms with Gasteiger partial charge in [0.15, 0.2) is 0 Å². The highest BCUT2D eigenvalue weighted by Gasteiger charge is 2.19. The molecule has 6 nitrogen and oxygen atoms in total. The molecule has 1 aromatic rings. The van der Waals surface area contributed by atoms with Crippen LogP contribution in [0.4, 0.5) is 0 Å². The molecule has 0 heterocycles. The molecule has 1 rings (SSSR count). The molecular formula is C13H18N2O4S2. The van der Waals surface area contributed by atoms with Gasteiger partial charge in [-0.05, 0) is 11.8 Å². The number of rotatable bonds is 7. The summed E-state index contributed by atoms with van der Waals surface area (Å²) in [7, 11) is -3.55. The molecule has 2 N–H and O–H groups in total. The van der Waals surface area contributed by atoms with Gasteiger partial charge in [-0.1, -0.05) is 30.3 Å². The van der Waals surface area contributed by atoms with Crippen molar-refractivity contribution in [3.63, 3.8) is 0 Å². The van der Waals surface area contributed by atoms with Crippen molar-refractivity contribution in [1.82, 2.24) is 10.0 Å². The zero-order chi connectivity index (χ0) is 15.9. The minimum Gasteiger partial charge on any atom is -0.354 e. The second-order valence-electron chi connectivity index (χ2n) is 4.36. The van der Waals surface area contributed by atoms with Crippen LogP contribution in [0.1, 0.15) is 17.2 Å². The standard InChI is InChI=1S/C13H18N2O4S2/c1-20-12(10-6-4-3-5-7-10)13(17)14-9-8-11(16)15-21(2,18)19/h3-7,12H,8-9H2,1-2H3,(H,14,17)(H,15,16)/t12-/m0/s1. The predicted octanol–water partition coefficient (Wildman–Crippen LogP) is 0.673. The summed E-state index contributed by atoms with van der Waals surface area (Å²) in [5.41, 5.74) is 0.878. The highest BCUT2D eigenvalue weighted by atomic mass is 32.2. The van der Waals surface area contributed by atoms with E-state index in [4.69, 9.17) is 0 Å². The van der Waals surface area contributed by atoms with Gasteiger partial charge in [0.1, 0.15) is 5.25 Å². The molecule has 0 unspecified atom stereocenters. The maximum absolute atomic E-state index is 12.1. The molecule has 0 bridgehead atoms. The van der Waals surface area contributed by atoms with Gasteiger partial charge in [0, 0.05) is 13.0 Å². The molecule has 0 aromatic heterocycles. The Balaban J connectivity index is 2.48. The van der Waals surface area contributed by atoms with E-state index >= 15 is 0 Å². The average Bonchev–Trinajstić information content (AvgIpc) is 2.38. The molecule has 21 heavy (non-hydrogen) atoms. The number of thioether (sulfide) groups is 1. The molecule has 0 spiro atoms. The first-order chi connectivity index (χ1) is 9.83. The fraction of sp³-hybridized carbons (Fsp3) is 0.385. The molecule has 0 fully saturated rings. The van der Waals surface area contributed by atoms with E-state index in [0.717, 1.165) is 11.8 Å². The summed E-state index contributed by atoms with van der Waals surface area (Å²) >= 11 is 1.39. The van der Waals surface area contributed by atoms with Gasteiger partial charge in [-0.25, -0.2) is 8.42 Å². The summed E-state index contributed by atoms with van der Waals surface area (Å²) < 4.78 is 23.6. The number of amides is 2. The molecule has 0 aliphatic carbocycles. The summed E-state index contributed by atoms with van der Waals surface area (Å²) in [5, 5.41) is 2.28. The van der Waals surface area contributed by atoms with E-state index in [0.29, 0.717) is 0 Å². The number of sulfonamides is 1. The molecular weight excluding hydrogens is 312 g/mol. The topological polar surface area (TPSA) is 92.3 Å². The summed E-state index contributed by atoms with van der Waals surface area (Å²) in [6, 6.07) is 9.29. The highest BCUT2D eigenvalue weighted by Crippen LogP contribution is 2.26. The van der Waals surface area contributed by atoms with Crippen LogP contribution in [0.5, 0.6) is 0 Å². The minimum absolute atomic E-state index is 0.0874. The molecule has 0 aliphatic heterocycles. The Bertz CT molecular complexity index is 587. The van der Waals surface area contributed by atoms with E-state index in [2.05, 4.69) is 5.32 Å². The van der Waals surface area contributed by atoms with Crippen LogP contribution in [0.25, 0.3) is 0 Å². The average molecular weight is 330 g/mol. The van der Waals surface area contributed by atoms with Gasteiger partial charge in [0.25, 0.3) is 0 Å². The summed E-state index contributed by atoms with van der Waals surface area (Å²) in [4.78, 5) is 23.4. The Morgan fingerprint density at radius 1 is 1.24 bits per heavy atom. The van der Waals surface area contributed by atoms with Gasteiger partial charge >= 0.3 is 0 Å². The van der Waals surface area contributed by atoms with Crippen LogP contribution in [0, 0.1) is 0 Å². The lowest BCUT2D eigenvalue weighted by molar-refractivity contribution is -0.121. The van der Waals surface area contributed by atoms with E-state index in [1.165, 1.54) is 11.8 Å². The first kappa shape index (κ1) is 17.5. The highest BCUT2D eigenvalue weighted by molar-refractivity contribution is 7.99. The van der Waals surface area contributed by atoms with Crippen LogP contribution in [0.3, 0.4) is 0 Å². The van der Waals surface area contributed by atoms with Gasteiger partial charge in [-0.15, -0.1) is 11.8 Å². The molecule has 1 aromatic carbocycles. The van der Waals surface area contributed by atoms with E-state index < -0.39 is 15.9 Å². The fourth-order valence-corrected chi connectivity index (χ4v) is 2.91. The fourth-order valence-electron chi connectivity index (χ4n) is 1.67. The SMILES string of the molecule is CS[C@H](C(=O)NCCC(=O)NS(C)(=O)=O)c1ccccc1. The largest absolute Gasteiger partial charge is 0.354 e. The monoisotopic (exact) mass is 330 g/mol. The summed E-state index contributed by atoms with van der Waals surface area (Å²) in [6.07, 6.45) is 2.64. The van der Waals surface area contributed by atoms with Crippen molar-refractivity contribution >= 4 is 33.6 Å². The van der Waals surface area contributed by atoms with Crippen LogP contribution in [-0.2, 0) is 19.6 Å². The first-order valence-corrected chi connectivity index (χ1v) is 9.37. The van der Waals surface area contributed by atoms with E-state index in [9.17, 15) is 18.0 Å². The van der Waals surface area contributed by atoms with Gasteiger partial charge in [0.05, 0.1) is 6.26 Å². The zero-order valence-electron chi connectivity index (χ0n) is 11.8. The van der Waals surface area contributed by atoms with E-state index in [1.807, 2.05) is 41.3 Å². The van der Waals surface area contributed by atoms with Crippen molar-refractivity contribution in [3.8, 4) is 0 Å². The van der Waals surface area contributed by atoms with Crippen LogP contribution in [0.2, 0.25) is 0 Å². The van der Waals surface area contributed by atoms with Gasteiger partial charge in [0.2, 0.25) is 21.8 Å². The summed E-state index contributed by atoms with van der Waals surface area (Å²) in [5.74, 6) is -0.848. The van der Waals surface area contributed by atoms with Crippen LogP contribution >= 0.6 is 11.8 Å². The summed E-state index contributed by atoms with van der Waals surface area (Å²) in [6.45, 7) is 0.0874. The molecule has 0 saturated heterocycles.